The highest BCUT2D eigenvalue weighted by Crippen LogP contribution is 2.20. The lowest BCUT2D eigenvalue weighted by molar-refractivity contribution is 0.0746. The van der Waals surface area contributed by atoms with Crippen molar-refractivity contribution in [1.82, 2.24) is 15.1 Å². The number of aromatic nitrogens is 2. The van der Waals surface area contributed by atoms with Gasteiger partial charge in [-0.05, 0) is 37.1 Å². The number of rotatable bonds is 3. The molecule has 0 spiro atoms. The van der Waals surface area contributed by atoms with Crippen LogP contribution in [0, 0.1) is 0 Å². The van der Waals surface area contributed by atoms with Crippen molar-refractivity contribution >= 4 is 17.5 Å². The second-order valence-electron chi connectivity index (χ2n) is 6.59. The van der Waals surface area contributed by atoms with E-state index in [0.29, 0.717) is 13.1 Å². The Kier molecular flexibility index (Phi) is 4.50. The maximum Gasteiger partial charge on any atom is 0.253 e. The van der Waals surface area contributed by atoms with Gasteiger partial charge in [0.2, 0.25) is 0 Å². The van der Waals surface area contributed by atoms with Crippen LogP contribution in [-0.4, -0.2) is 60.3 Å². The molecule has 0 radical (unpaired) electrons. The molecule has 0 saturated carbocycles. The predicted molar refractivity (Wildman–Crippen MR) is 98.0 cm³/mol. The van der Waals surface area contributed by atoms with Crippen molar-refractivity contribution in [2.24, 2.45) is 0 Å². The Bertz CT molecular complexity index is 704. The molecule has 0 bridgehead atoms. The minimum Gasteiger partial charge on any atom is -0.355 e. The molecular weight excluding hydrogens is 314 g/mol. The van der Waals surface area contributed by atoms with Crippen molar-refractivity contribution in [3.8, 4) is 0 Å². The molecule has 2 aliphatic heterocycles. The van der Waals surface area contributed by atoms with E-state index in [0.717, 1.165) is 43.4 Å². The molecule has 2 aromatic rings. The summed E-state index contributed by atoms with van der Waals surface area (Å²) in [6.07, 6.45) is 2.47. The first kappa shape index (κ1) is 15.9. The average molecular weight is 337 g/mol. The molecule has 25 heavy (non-hydrogen) atoms. The first-order chi connectivity index (χ1) is 12.3. The van der Waals surface area contributed by atoms with Crippen molar-refractivity contribution < 1.29 is 4.79 Å². The van der Waals surface area contributed by atoms with Crippen LogP contribution >= 0.6 is 0 Å². The van der Waals surface area contributed by atoms with E-state index in [1.54, 1.807) is 0 Å². The lowest BCUT2D eigenvalue weighted by Crippen LogP contribution is -2.49. The summed E-state index contributed by atoms with van der Waals surface area (Å²) in [5, 5.41) is 8.80. The Hall–Kier alpha value is -2.63. The molecule has 6 nitrogen and oxygen atoms in total. The van der Waals surface area contributed by atoms with Crippen molar-refractivity contribution in [2.45, 2.75) is 12.8 Å². The molecule has 1 amide bonds. The number of carbonyl (C=O) groups excluding carboxylic acids is 1. The summed E-state index contributed by atoms with van der Waals surface area (Å²) >= 11 is 0. The molecule has 0 aliphatic carbocycles. The van der Waals surface area contributed by atoms with E-state index in [2.05, 4.69) is 32.1 Å². The average Bonchev–Trinajstić information content (AvgIpc) is 3.23. The SMILES string of the molecule is O=C(c1ccccc1)N1CCN(c2ccc(N3CCCC3)nn2)CC1. The highest BCUT2D eigenvalue weighted by atomic mass is 16.2. The van der Waals surface area contributed by atoms with Crippen LogP contribution in [0.3, 0.4) is 0 Å². The first-order valence-electron chi connectivity index (χ1n) is 8.99. The summed E-state index contributed by atoms with van der Waals surface area (Å²) in [6, 6.07) is 13.6. The van der Waals surface area contributed by atoms with Gasteiger partial charge >= 0.3 is 0 Å². The van der Waals surface area contributed by atoms with Gasteiger partial charge in [-0.3, -0.25) is 4.79 Å². The number of hydrogen-bond donors (Lipinski definition) is 0. The predicted octanol–water partition coefficient (Wildman–Crippen LogP) is 2.04. The zero-order valence-electron chi connectivity index (χ0n) is 14.3. The minimum absolute atomic E-state index is 0.107. The van der Waals surface area contributed by atoms with Gasteiger partial charge in [-0.15, -0.1) is 10.2 Å². The fourth-order valence-corrected chi connectivity index (χ4v) is 3.50. The van der Waals surface area contributed by atoms with Crippen LogP contribution in [0.2, 0.25) is 0 Å². The fourth-order valence-electron chi connectivity index (χ4n) is 3.50. The maximum atomic E-state index is 12.5. The van der Waals surface area contributed by atoms with Crippen LogP contribution in [-0.2, 0) is 0 Å². The number of carbonyl (C=O) groups is 1. The normalized spacial score (nSPS) is 17.8. The summed E-state index contributed by atoms with van der Waals surface area (Å²) in [5.41, 5.74) is 0.755. The van der Waals surface area contributed by atoms with Gasteiger partial charge in [0.1, 0.15) is 0 Å². The standard InChI is InChI=1S/C19H23N5O/c25-19(16-6-2-1-3-7-16)24-14-12-23(13-15-24)18-9-8-17(20-21-18)22-10-4-5-11-22/h1-3,6-9H,4-5,10-15H2. The largest absolute Gasteiger partial charge is 0.355 e. The summed E-state index contributed by atoms with van der Waals surface area (Å²) in [5.74, 6) is 1.98. The van der Waals surface area contributed by atoms with Gasteiger partial charge in [0.25, 0.3) is 5.91 Å². The molecule has 1 aromatic heterocycles. The van der Waals surface area contributed by atoms with Crippen LogP contribution in [0.15, 0.2) is 42.5 Å². The number of nitrogens with zero attached hydrogens (tertiary/aromatic N) is 5. The molecule has 0 atom stereocenters. The molecule has 130 valence electrons. The smallest absolute Gasteiger partial charge is 0.253 e. The second kappa shape index (κ2) is 7.09. The van der Waals surface area contributed by atoms with Gasteiger partial charge in [0, 0.05) is 44.8 Å². The Balaban J connectivity index is 1.36. The van der Waals surface area contributed by atoms with Gasteiger partial charge in [-0.25, -0.2) is 0 Å². The Morgan fingerprint density at radius 2 is 1.28 bits per heavy atom. The fraction of sp³-hybridized carbons (Fsp3) is 0.421. The molecule has 2 saturated heterocycles. The third-order valence-corrected chi connectivity index (χ3v) is 4.98. The van der Waals surface area contributed by atoms with E-state index in [1.807, 2.05) is 35.2 Å². The molecule has 2 fully saturated rings. The Labute approximate surface area is 148 Å². The summed E-state index contributed by atoms with van der Waals surface area (Å²) < 4.78 is 0. The van der Waals surface area contributed by atoms with Gasteiger partial charge in [0.15, 0.2) is 11.6 Å². The Morgan fingerprint density at radius 1 is 0.720 bits per heavy atom. The van der Waals surface area contributed by atoms with Crippen LogP contribution in [0.4, 0.5) is 11.6 Å². The van der Waals surface area contributed by atoms with Gasteiger partial charge in [0.05, 0.1) is 0 Å². The number of piperazine rings is 1. The van der Waals surface area contributed by atoms with E-state index >= 15 is 0 Å². The van der Waals surface area contributed by atoms with Crippen LogP contribution in [0.25, 0.3) is 0 Å². The number of anilines is 2. The third-order valence-electron chi connectivity index (χ3n) is 4.98. The molecule has 3 heterocycles. The number of amides is 1. The van der Waals surface area contributed by atoms with E-state index in [1.165, 1.54) is 12.8 Å². The molecule has 0 unspecified atom stereocenters. The first-order valence-corrected chi connectivity index (χ1v) is 8.99. The maximum absolute atomic E-state index is 12.5. The molecule has 2 aliphatic rings. The molecule has 4 rings (SSSR count). The minimum atomic E-state index is 0.107. The quantitative estimate of drug-likeness (QED) is 0.858. The zero-order valence-corrected chi connectivity index (χ0v) is 14.3. The van der Waals surface area contributed by atoms with Gasteiger partial charge in [-0.1, -0.05) is 18.2 Å². The van der Waals surface area contributed by atoms with Crippen LogP contribution in [0.5, 0.6) is 0 Å². The van der Waals surface area contributed by atoms with Crippen LogP contribution in [0.1, 0.15) is 23.2 Å². The van der Waals surface area contributed by atoms with E-state index in [4.69, 9.17) is 0 Å². The van der Waals surface area contributed by atoms with E-state index in [-0.39, 0.29) is 5.91 Å². The highest BCUT2D eigenvalue weighted by Gasteiger charge is 2.23. The summed E-state index contributed by atoms with van der Waals surface area (Å²) in [4.78, 5) is 18.9. The topological polar surface area (TPSA) is 52.6 Å². The Morgan fingerprint density at radius 3 is 1.84 bits per heavy atom. The number of benzene rings is 1. The lowest BCUT2D eigenvalue weighted by atomic mass is 10.2. The molecular formula is C19H23N5O. The summed E-state index contributed by atoms with van der Waals surface area (Å²) in [6.45, 7) is 5.15. The number of hydrogen-bond acceptors (Lipinski definition) is 5. The third kappa shape index (κ3) is 3.43. The lowest BCUT2D eigenvalue weighted by Gasteiger charge is -2.35. The van der Waals surface area contributed by atoms with E-state index in [9.17, 15) is 4.79 Å². The van der Waals surface area contributed by atoms with Crippen molar-refractivity contribution in [1.29, 1.82) is 0 Å². The molecule has 1 aromatic carbocycles. The zero-order chi connectivity index (χ0) is 17.1. The monoisotopic (exact) mass is 337 g/mol. The summed E-state index contributed by atoms with van der Waals surface area (Å²) in [7, 11) is 0. The van der Waals surface area contributed by atoms with Gasteiger partial charge in [-0.2, -0.15) is 0 Å². The molecule has 0 N–H and O–H groups in total. The van der Waals surface area contributed by atoms with Crippen molar-refractivity contribution in [2.75, 3.05) is 49.1 Å². The van der Waals surface area contributed by atoms with Crippen molar-refractivity contribution in [3.05, 3.63) is 48.0 Å². The van der Waals surface area contributed by atoms with Gasteiger partial charge < -0.3 is 14.7 Å². The van der Waals surface area contributed by atoms with Crippen LogP contribution < -0.4 is 9.80 Å². The molecule has 6 heteroatoms. The van der Waals surface area contributed by atoms with E-state index < -0.39 is 0 Å². The van der Waals surface area contributed by atoms with Crippen molar-refractivity contribution in [3.63, 3.8) is 0 Å². The second-order valence-corrected chi connectivity index (χ2v) is 6.59. The highest BCUT2D eigenvalue weighted by molar-refractivity contribution is 5.94.